The summed E-state index contributed by atoms with van der Waals surface area (Å²) in [7, 11) is 0. The standard InChI is InChI=1S/C17H10O4/c18-14-10-15(16(19)13-9-5-4-8-12(13)14)21-17(20)11-6-2-1-3-7-11/h1-10H. The van der Waals surface area contributed by atoms with Crippen LogP contribution >= 0.6 is 0 Å². The molecule has 4 heteroatoms. The van der Waals surface area contributed by atoms with E-state index in [1.165, 1.54) is 0 Å². The Hall–Kier alpha value is -3.01. The Labute approximate surface area is 120 Å². The summed E-state index contributed by atoms with van der Waals surface area (Å²) < 4.78 is 5.07. The van der Waals surface area contributed by atoms with Crippen LogP contribution < -0.4 is 0 Å². The first kappa shape index (κ1) is 13.0. The normalized spacial score (nSPS) is 13.4. The molecule has 1 aliphatic rings. The Bertz CT molecular complexity index is 772. The second-order valence-electron chi connectivity index (χ2n) is 4.50. The second kappa shape index (κ2) is 5.17. The molecule has 102 valence electrons. The molecule has 1 aliphatic carbocycles. The van der Waals surface area contributed by atoms with Crippen molar-refractivity contribution in [3.8, 4) is 0 Å². The van der Waals surface area contributed by atoms with Gasteiger partial charge in [0.05, 0.1) is 5.56 Å². The first-order valence-electron chi connectivity index (χ1n) is 6.34. The van der Waals surface area contributed by atoms with E-state index in [0.717, 1.165) is 6.08 Å². The highest BCUT2D eigenvalue weighted by Gasteiger charge is 2.28. The molecule has 0 heterocycles. The lowest BCUT2D eigenvalue weighted by atomic mass is 9.94. The lowest BCUT2D eigenvalue weighted by molar-refractivity contribution is 0.0585. The quantitative estimate of drug-likeness (QED) is 0.792. The van der Waals surface area contributed by atoms with Gasteiger partial charge in [0.15, 0.2) is 11.5 Å². The average molecular weight is 278 g/mol. The molecule has 0 amide bonds. The topological polar surface area (TPSA) is 60.4 Å². The van der Waals surface area contributed by atoms with E-state index in [-0.39, 0.29) is 17.1 Å². The van der Waals surface area contributed by atoms with Crippen molar-refractivity contribution in [1.82, 2.24) is 0 Å². The summed E-state index contributed by atoms with van der Waals surface area (Å²) in [5, 5.41) is 0. The predicted octanol–water partition coefficient (Wildman–Crippen LogP) is 2.81. The molecule has 0 saturated carbocycles. The molecule has 21 heavy (non-hydrogen) atoms. The minimum Gasteiger partial charge on any atom is -0.419 e. The van der Waals surface area contributed by atoms with Crippen LogP contribution in [0.3, 0.4) is 0 Å². The molecule has 4 nitrogen and oxygen atoms in total. The van der Waals surface area contributed by atoms with Gasteiger partial charge < -0.3 is 4.74 Å². The molecule has 0 atom stereocenters. The number of hydrogen-bond acceptors (Lipinski definition) is 4. The molecule has 0 aromatic heterocycles. The largest absolute Gasteiger partial charge is 0.419 e. The molecule has 0 saturated heterocycles. The first-order valence-corrected chi connectivity index (χ1v) is 6.34. The highest BCUT2D eigenvalue weighted by atomic mass is 16.5. The van der Waals surface area contributed by atoms with Gasteiger partial charge in [-0.1, -0.05) is 42.5 Å². The van der Waals surface area contributed by atoms with E-state index in [4.69, 9.17) is 4.74 Å². The summed E-state index contributed by atoms with van der Waals surface area (Å²) in [4.78, 5) is 36.1. The highest BCUT2D eigenvalue weighted by molar-refractivity contribution is 6.24. The summed E-state index contributed by atoms with van der Waals surface area (Å²) in [6.07, 6.45) is 1.06. The van der Waals surface area contributed by atoms with Crippen molar-refractivity contribution in [2.75, 3.05) is 0 Å². The third kappa shape index (κ3) is 2.39. The minimum absolute atomic E-state index is 0.243. The van der Waals surface area contributed by atoms with Crippen molar-refractivity contribution in [2.24, 2.45) is 0 Å². The molecule has 0 aliphatic heterocycles. The van der Waals surface area contributed by atoms with Gasteiger partial charge in [-0.3, -0.25) is 9.59 Å². The van der Waals surface area contributed by atoms with Gasteiger partial charge in [0.25, 0.3) is 0 Å². The molecule has 0 N–H and O–H groups in total. The number of esters is 1. The number of carbonyl (C=O) groups excluding carboxylic acids is 3. The van der Waals surface area contributed by atoms with E-state index in [1.807, 2.05) is 0 Å². The number of benzene rings is 2. The average Bonchev–Trinajstić information content (AvgIpc) is 2.53. The third-order valence-corrected chi connectivity index (χ3v) is 3.14. The second-order valence-corrected chi connectivity index (χ2v) is 4.50. The molecule has 2 aromatic rings. The van der Waals surface area contributed by atoms with Crippen LogP contribution in [0.25, 0.3) is 0 Å². The van der Waals surface area contributed by atoms with Crippen LogP contribution in [0.15, 0.2) is 66.4 Å². The number of carbonyl (C=O) groups is 3. The number of fused-ring (bicyclic) bond motifs is 1. The maximum atomic E-state index is 12.2. The van der Waals surface area contributed by atoms with Gasteiger partial charge in [0.2, 0.25) is 5.78 Å². The zero-order valence-electron chi connectivity index (χ0n) is 10.9. The molecule has 0 bridgehead atoms. The number of hydrogen-bond donors (Lipinski definition) is 0. The van der Waals surface area contributed by atoms with Gasteiger partial charge in [0, 0.05) is 17.2 Å². The van der Waals surface area contributed by atoms with Crippen LogP contribution in [0.4, 0.5) is 0 Å². The maximum absolute atomic E-state index is 12.2. The van der Waals surface area contributed by atoms with Crippen molar-refractivity contribution < 1.29 is 19.1 Å². The third-order valence-electron chi connectivity index (χ3n) is 3.14. The van der Waals surface area contributed by atoms with E-state index in [9.17, 15) is 14.4 Å². The fourth-order valence-corrected chi connectivity index (χ4v) is 2.10. The summed E-state index contributed by atoms with van der Waals surface area (Å²) in [6, 6.07) is 14.7. The Balaban J connectivity index is 1.90. The van der Waals surface area contributed by atoms with Crippen LogP contribution in [-0.4, -0.2) is 17.5 Å². The van der Waals surface area contributed by atoms with Gasteiger partial charge >= 0.3 is 5.97 Å². The summed E-state index contributed by atoms with van der Waals surface area (Å²) in [5.74, 6) is -1.72. The zero-order valence-corrected chi connectivity index (χ0v) is 10.9. The molecule has 0 unspecified atom stereocenters. The maximum Gasteiger partial charge on any atom is 0.343 e. The zero-order chi connectivity index (χ0) is 14.8. The van der Waals surface area contributed by atoms with Crippen molar-refractivity contribution in [2.45, 2.75) is 0 Å². The van der Waals surface area contributed by atoms with E-state index in [2.05, 4.69) is 0 Å². The van der Waals surface area contributed by atoms with Crippen molar-refractivity contribution >= 4 is 17.5 Å². The number of ether oxygens (including phenoxy) is 1. The van der Waals surface area contributed by atoms with Crippen LogP contribution in [-0.2, 0) is 4.74 Å². The summed E-state index contributed by atoms with van der Waals surface area (Å²) in [5.41, 5.74) is 0.889. The molecule has 2 aromatic carbocycles. The number of allylic oxidation sites excluding steroid dienone is 2. The lowest BCUT2D eigenvalue weighted by Gasteiger charge is -2.14. The fourth-order valence-electron chi connectivity index (χ4n) is 2.10. The van der Waals surface area contributed by atoms with Gasteiger partial charge in [0.1, 0.15) is 0 Å². The molecule has 0 fully saturated rings. The van der Waals surface area contributed by atoms with E-state index in [1.54, 1.807) is 54.6 Å². The predicted molar refractivity (Wildman–Crippen MR) is 75.0 cm³/mol. The number of rotatable bonds is 2. The molecule has 3 rings (SSSR count). The van der Waals surface area contributed by atoms with E-state index >= 15 is 0 Å². The summed E-state index contributed by atoms with van der Waals surface area (Å²) >= 11 is 0. The van der Waals surface area contributed by atoms with E-state index < -0.39 is 11.8 Å². The Morgan fingerprint density at radius 2 is 1.43 bits per heavy atom. The Kier molecular flexibility index (Phi) is 3.20. The Morgan fingerprint density at radius 3 is 2.14 bits per heavy atom. The Morgan fingerprint density at radius 1 is 0.810 bits per heavy atom. The lowest BCUT2D eigenvalue weighted by Crippen LogP contribution is -2.20. The van der Waals surface area contributed by atoms with Crippen molar-refractivity contribution in [3.63, 3.8) is 0 Å². The van der Waals surface area contributed by atoms with Crippen LogP contribution in [0.5, 0.6) is 0 Å². The molecular weight excluding hydrogens is 268 g/mol. The monoisotopic (exact) mass is 278 g/mol. The van der Waals surface area contributed by atoms with Gasteiger partial charge in [-0.05, 0) is 12.1 Å². The highest BCUT2D eigenvalue weighted by Crippen LogP contribution is 2.22. The molecule has 0 spiro atoms. The smallest absolute Gasteiger partial charge is 0.343 e. The van der Waals surface area contributed by atoms with Crippen molar-refractivity contribution in [1.29, 1.82) is 0 Å². The minimum atomic E-state index is -0.664. The summed E-state index contributed by atoms with van der Waals surface area (Å²) in [6.45, 7) is 0. The van der Waals surface area contributed by atoms with Crippen molar-refractivity contribution in [3.05, 3.63) is 83.1 Å². The SMILES string of the molecule is O=C(OC1=CC(=O)c2ccccc2C1=O)c1ccccc1. The first-order chi connectivity index (χ1) is 10.2. The number of ketones is 2. The van der Waals surface area contributed by atoms with Crippen LogP contribution in [0.2, 0.25) is 0 Å². The van der Waals surface area contributed by atoms with Gasteiger partial charge in [-0.25, -0.2) is 4.79 Å². The van der Waals surface area contributed by atoms with E-state index in [0.29, 0.717) is 11.1 Å². The fraction of sp³-hybridized carbons (Fsp3) is 0. The molecule has 0 radical (unpaired) electrons. The van der Waals surface area contributed by atoms with Gasteiger partial charge in [-0.15, -0.1) is 0 Å². The van der Waals surface area contributed by atoms with Gasteiger partial charge in [-0.2, -0.15) is 0 Å². The van der Waals surface area contributed by atoms with Crippen LogP contribution in [0.1, 0.15) is 31.1 Å². The number of Topliss-reactive ketones (excluding diaryl/α,β-unsaturated/α-hetero) is 1. The van der Waals surface area contributed by atoms with Crippen LogP contribution in [0, 0.1) is 0 Å². The molecular formula is C17H10O4.